The molecule has 2 rings (SSSR count). The molecule has 0 bridgehead atoms. The number of imidazole rings is 1. The highest BCUT2D eigenvalue weighted by Gasteiger charge is 2.14. The number of hydrogen-bond donors (Lipinski definition) is 1. The second-order valence-corrected chi connectivity index (χ2v) is 4.91. The van der Waals surface area contributed by atoms with Crippen LogP contribution in [0, 0.1) is 10.1 Å². The first-order valence-electron chi connectivity index (χ1n) is 5.75. The van der Waals surface area contributed by atoms with Crippen LogP contribution in [-0.4, -0.2) is 41.7 Å². The monoisotopic (exact) mass is 295 g/mol. The first kappa shape index (κ1) is 14.2. The number of rotatable bonds is 5. The van der Waals surface area contributed by atoms with Crippen molar-refractivity contribution in [3.05, 3.63) is 22.6 Å². The van der Waals surface area contributed by atoms with E-state index in [0.29, 0.717) is 11.1 Å². The molecule has 2 aromatic rings. The molecule has 0 fully saturated rings. The van der Waals surface area contributed by atoms with Crippen LogP contribution in [-0.2, 0) is 0 Å². The average Bonchev–Trinajstić information content (AvgIpc) is 2.87. The molecule has 0 saturated heterocycles. The third-order valence-electron chi connectivity index (χ3n) is 2.19. The number of nitro groups is 1. The van der Waals surface area contributed by atoms with Crippen LogP contribution in [0.15, 0.2) is 17.7 Å². The predicted octanol–water partition coefficient (Wildman–Crippen LogP) is 1.51. The normalized spacial score (nSPS) is 10.8. The van der Waals surface area contributed by atoms with E-state index in [1.165, 1.54) is 28.9 Å². The lowest BCUT2D eigenvalue weighted by molar-refractivity contribution is -0.389. The lowest BCUT2D eigenvalue weighted by Crippen LogP contribution is -2.15. The summed E-state index contributed by atoms with van der Waals surface area (Å²) < 4.78 is 1.39. The van der Waals surface area contributed by atoms with Crippen LogP contribution in [0.2, 0.25) is 0 Å². The fourth-order valence-corrected chi connectivity index (χ4v) is 1.74. The van der Waals surface area contributed by atoms with Crippen molar-refractivity contribution in [1.82, 2.24) is 24.5 Å². The maximum atomic E-state index is 10.6. The van der Waals surface area contributed by atoms with Gasteiger partial charge in [-0.25, -0.2) is 4.57 Å². The maximum Gasteiger partial charge on any atom is 0.382 e. The number of aromatic nitrogens is 5. The number of nitrogens with zero attached hydrogens (tertiary/aromatic N) is 6. The molecule has 0 aromatic carbocycles. The molecule has 0 aliphatic heterocycles. The highest BCUT2D eigenvalue weighted by molar-refractivity contribution is 7.98. The van der Waals surface area contributed by atoms with Crippen LogP contribution in [0.1, 0.15) is 13.8 Å². The van der Waals surface area contributed by atoms with Crippen molar-refractivity contribution in [2.75, 3.05) is 11.6 Å². The number of nitrogens with one attached hydrogen (secondary N) is 1. The van der Waals surface area contributed by atoms with Crippen molar-refractivity contribution in [1.29, 1.82) is 0 Å². The topological polar surface area (TPSA) is 112 Å². The quantitative estimate of drug-likeness (QED) is 0.502. The van der Waals surface area contributed by atoms with E-state index in [-0.39, 0.29) is 17.8 Å². The summed E-state index contributed by atoms with van der Waals surface area (Å²) in [6, 6.07) is 0.164. The summed E-state index contributed by atoms with van der Waals surface area (Å²) in [5.41, 5.74) is 0. The van der Waals surface area contributed by atoms with Gasteiger partial charge >= 0.3 is 5.82 Å². The molecule has 0 atom stereocenters. The molecular weight excluding hydrogens is 282 g/mol. The van der Waals surface area contributed by atoms with Crippen LogP contribution in [0.25, 0.3) is 5.95 Å². The van der Waals surface area contributed by atoms with Crippen molar-refractivity contribution in [3.63, 3.8) is 0 Å². The van der Waals surface area contributed by atoms with Crippen molar-refractivity contribution < 1.29 is 4.92 Å². The molecule has 1 N–H and O–H groups in total. The molecule has 0 spiro atoms. The van der Waals surface area contributed by atoms with E-state index in [2.05, 4.69) is 25.3 Å². The highest BCUT2D eigenvalue weighted by Crippen LogP contribution is 2.15. The minimum Gasteiger partial charge on any atom is -0.358 e. The van der Waals surface area contributed by atoms with E-state index >= 15 is 0 Å². The molecule has 0 amide bonds. The first-order valence-corrected chi connectivity index (χ1v) is 6.97. The average molecular weight is 295 g/mol. The van der Waals surface area contributed by atoms with Gasteiger partial charge in [-0.05, 0) is 30.0 Å². The van der Waals surface area contributed by atoms with Crippen LogP contribution in [0.4, 0.5) is 11.8 Å². The fourth-order valence-electron chi connectivity index (χ4n) is 1.39. The molecule has 0 aliphatic carbocycles. The largest absolute Gasteiger partial charge is 0.382 e. The Morgan fingerprint density at radius 2 is 2.15 bits per heavy atom. The standard InChI is InChI=1S/C10H13N7O2S/c1-6(2)12-8-13-9(15-10(14-8)20-3)16-4-7(11-5-16)17(18)19/h4-6H,1-3H3,(H,12,13,14,15). The van der Waals surface area contributed by atoms with Gasteiger partial charge < -0.3 is 15.4 Å². The lowest BCUT2D eigenvalue weighted by Gasteiger charge is -2.09. The summed E-state index contributed by atoms with van der Waals surface area (Å²) in [5, 5.41) is 14.2. The van der Waals surface area contributed by atoms with Crippen molar-refractivity contribution in [2.45, 2.75) is 25.0 Å². The number of anilines is 1. The summed E-state index contributed by atoms with van der Waals surface area (Å²) in [6.07, 6.45) is 4.41. The highest BCUT2D eigenvalue weighted by atomic mass is 32.2. The smallest absolute Gasteiger partial charge is 0.358 e. The second-order valence-electron chi connectivity index (χ2n) is 4.14. The SMILES string of the molecule is CSc1nc(NC(C)C)nc(-n2cnc([N+](=O)[O-])c2)n1. The molecule has 0 radical (unpaired) electrons. The zero-order valence-electron chi connectivity index (χ0n) is 11.1. The maximum absolute atomic E-state index is 10.6. The molecule has 0 saturated carbocycles. The van der Waals surface area contributed by atoms with Crippen LogP contribution < -0.4 is 5.32 Å². The minimum absolute atomic E-state index is 0.164. The Labute approximate surface area is 119 Å². The van der Waals surface area contributed by atoms with E-state index in [9.17, 15) is 10.1 Å². The molecule has 2 aromatic heterocycles. The van der Waals surface area contributed by atoms with Gasteiger partial charge in [0.2, 0.25) is 18.2 Å². The van der Waals surface area contributed by atoms with Gasteiger partial charge in [0.15, 0.2) is 5.16 Å². The van der Waals surface area contributed by atoms with Crippen molar-refractivity contribution in [2.24, 2.45) is 0 Å². The Hall–Kier alpha value is -2.23. The molecular formula is C10H13N7O2S. The molecule has 106 valence electrons. The second kappa shape index (κ2) is 5.82. The summed E-state index contributed by atoms with van der Waals surface area (Å²) in [7, 11) is 0. The Bertz CT molecular complexity index is 628. The third-order valence-corrected chi connectivity index (χ3v) is 2.74. The van der Waals surface area contributed by atoms with Gasteiger partial charge in [-0.1, -0.05) is 11.8 Å². The molecule has 2 heterocycles. The Morgan fingerprint density at radius 3 is 2.70 bits per heavy atom. The minimum atomic E-state index is -0.569. The lowest BCUT2D eigenvalue weighted by atomic mass is 10.4. The molecule has 10 heteroatoms. The van der Waals surface area contributed by atoms with Gasteiger partial charge in [0.1, 0.15) is 6.20 Å². The molecule has 9 nitrogen and oxygen atoms in total. The van der Waals surface area contributed by atoms with E-state index in [1.54, 1.807) is 0 Å². The van der Waals surface area contributed by atoms with Gasteiger partial charge in [-0.2, -0.15) is 15.0 Å². The number of thioether (sulfide) groups is 1. The summed E-state index contributed by atoms with van der Waals surface area (Å²) in [6.45, 7) is 3.93. The molecule has 0 unspecified atom stereocenters. The van der Waals surface area contributed by atoms with E-state index in [4.69, 9.17) is 0 Å². The zero-order chi connectivity index (χ0) is 14.7. The zero-order valence-corrected chi connectivity index (χ0v) is 12.0. The van der Waals surface area contributed by atoms with Crippen LogP contribution >= 0.6 is 11.8 Å². The van der Waals surface area contributed by atoms with Gasteiger partial charge in [0.05, 0.1) is 0 Å². The Kier molecular flexibility index (Phi) is 4.13. The van der Waals surface area contributed by atoms with E-state index < -0.39 is 4.92 Å². The molecule has 20 heavy (non-hydrogen) atoms. The molecule has 0 aliphatic rings. The summed E-state index contributed by atoms with van der Waals surface area (Å²) >= 11 is 1.36. The van der Waals surface area contributed by atoms with Crippen LogP contribution in [0.3, 0.4) is 0 Å². The Morgan fingerprint density at radius 1 is 1.40 bits per heavy atom. The van der Waals surface area contributed by atoms with Gasteiger partial charge in [-0.3, -0.25) is 0 Å². The van der Waals surface area contributed by atoms with Gasteiger partial charge in [0, 0.05) is 6.04 Å². The van der Waals surface area contributed by atoms with Crippen molar-refractivity contribution in [3.8, 4) is 5.95 Å². The summed E-state index contributed by atoms with van der Waals surface area (Å²) in [5.74, 6) is 0.452. The number of hydrogen-bond acceptors (Lipinski definition) is 8. The summed E-state index contributed by atoms with van der Waals surface area (Å²) in [4.78, 5) is 26.4. The predicted molar refractivity (Wildman–Crippen MR) is 74.1 cm³/mol. The van der Waals surface area contributed by atoms with E-state index in [0.717, 1.165) is 0 Å². The fraction of sp³-hybridized carbons (Fsp3) is 0.400. The van der Waals surface area contributed by atoms with E-state index in [1.807, 2.05) is 20.1 Å². The van der Waals surface area contributed by atoms with Crippen LogP contribution in [0.5, 0.6) is 0 Å². The Balaban J connectivity index is 2.40. The first-order chi connectivity index (χ1) is 9.49. The third kappa shape index (κ3) is 3.20. The van der Waals surface area contributed by atoms with Gasteiger partial charge in [0.25, 0.3) is 0 Å². The van der Waals surface area contributed by atoms with Gasteiger partial charge in [-0.15, -0.1) is 0 Å². The van der Waals surface area contributed by atoms with Crippen molar-refractivity contribution >= 4 is 23.5 Å².